The zero-order valence-electron chi connectivity index (χ0n) is 9.15. The van der Waals surface area contributed by atoms with Crippen LogP contribution in [0, 0.1) is 0 Å². The van der Waals surface area contributed by atoms with Gasteiger partial charge >= 0.3 is 5.97 Å². The molecule has 0 amide bonds. The number of rotatable bonds is 6. The summed E-state index contributed by atoms with van der Waals surface area (Å²) in [5, 5.41) is 9.16. The van der Waals surface area contributed by atoms with Crippen molar-refractivity contribution in [1.29, 1.82) is 0 Å². The predicted molar refractivity (Wildman–Crippen MR) is 63.0 cm³/mol. The Labute approximate surface area is 100.0 Å². The van der Waals surface area contributed by atoms with Crippen molar-refractivity contribution in [3.63, 3.8) is 0 Å². The van der Waals surface area contributed by atoms with E-state index in [-0.39, 0.29) is 12.5 Å². The molecule has 1 aromatic rings. The summed E-state index contributed by atoms with van der Waals surface area (Å²) in [4.78, 5) is 10.3. The lowest BCUT2D eigenvalue weighted by atomic mass is 10.2. The number of aliphatic carboxylic acids is 1. The maximum absolute atomic E-state index is 10.3. The first-order valence-corrected chi connectivity index (χ1v) is 5.60. The summed E-state index contributed by atoms with van der Waals surface area (Å²) in [6.45, 7) is 1.93. The van der Waals surface area contributed by atoms with E-state index in [1.165, 1.54) is 0 Å². The fourth-order valence-electron chi connectivity index (χ4n) is 1.35. The van der Waals surface area contributed by atoms with Crippen molar-refractivity contribution in [2.45, 2.75) is 32.3 Å². The van der Waals surface area contributed by atoms with Gasteiger partial charge in [-0.3, -0.25) is 4.79 Å². The molecule has 1 aromatic carbocycles. The normalized spacial score (nSPS) is 12.1. The van der Waals surface area contributed by atoms with Gasteiger partial charge in [0.25, 0.3) is 0 Å². The maximum Gasteiger partial charge on any atom is 0.303 e. The fourth-order valence-corrected chi connectivity index (χ4v) is 1.47. The number of carboxylic acid groups (broad SMARTS) is 1. The molecule has 0 aliphatic carbocycles. The van der Waals surface area contributed by atoms with Crippen LogP contribution in [0.3, 0.4) is 0 Å². The van der Waals surface area contributed by atoms with Gasteiger partial charge in [-0.05, 0) is 44.0 Å². The Kier molecular flexibility index (Phi) is 5.12. The lowest BCUT2D eigenvalue weighted by Gasteiger charge is -2.13. The van der Waals surface area contributed by atoms with E-state index in [9.17, 15) is 4.79 Å². The molecular weight excluding hydrogens is 228 g/mol. The molecule has 0 heterocycles. The van der Waals surface area contributed by atoms with Crippen molar-refractivity contribution in [2.75, 3.05) is 0 Å². The van der Waals surface area contributed by atoms with Crippen LogP contribution in [0.4, 0.5) is 0 Å². The average molecular weight is 243 g/mol. The van der Waals surface area contributed by atoms with Crippen LogP contribution in [-0.2, 0) is 4.79 Å². The molecule has 1 N–H and O–H groups in total. The largest absolute Gasteiger partial charge is 0.491 e. The summed E-state index contributed by atoms with van der Waals surface area (Å²) in [5.41, 5.74) is 0. The van der Waals surface area contributed by atoms with E-state index in [2.05, 4.69) is 0 Å². The second-order valence-electron chi connectivity index (χ2n) is 3.67. The van der Waals surface area contributed by atoms with Crippen LogP contribution < -0.4 is 4.74 Å². The molecule has 3 nitrogen and oxygen atoms in total. The van der Waals surface area contributed by atoms with Crippen molar-refractivity contribution < 1.29 is 14.6 Å². The molecule has 0 saturated heterocycles. The number of hydrogen-bond donors (Lipinski definition) is 1. The highest BCUT2D eigenvalue weighted by Crippen LogP contribution is 2.18. The Morgan fingerprint density at radius 3 is 2.62 bits per heavy atom. The van der Waals surface area contributed by atoms with Crippen LogP contribution in [0.25, 0.3) is 0 Å². The molecule has 0 spiro atoms. The van der Waals surface area contributed by atoms with Crippen LogP contribution in [0.2, 0.25) is 5.02 Å². The fraction of sp³-hybridized carbons (Fsp3) is 0.417. The third-order valence-electron chi connectivity index (χ3n) is 2.15. The van der Waals surface area contributed by atoms with E-state index in [0.717, 1.165) is 12.2 Å². The van der Waals surface area contributed by atoms with Crippen molar-refractivity contribution in [2.24, 2.45) is 0 Å². The topological polar surface area (TPSA) is 46.5 Å². The second-order valence-corrected chi connectivity index (χ2v) is 4.10. The SMILES string of the molecule is CC(CCCC(=O)O)Oc1ccc(Cl)cc1. The van der Waals surface area contributed by atoms with Crippen molar-refractivity contribution in [3.8, 4) is 5.75 Å². The minimum Gasteiger partial charge on any atom is -0.491 e. The lowest BCUT2D eigenvalue weighted by molar-refractivity contribution is -0.137. The van der Waals surface area contributed by atoms with Gasteiger partial charge in [-0.25, -0.2) is 0 Å². The van der Waals surface area contributed by atoms with Gasteiger partial charge in [-0.15, -0.1) is 0 Å². The molecule has 0 fully saturated rings. The molecule has 1 rings (SSSR count). The molecule has 1 unspecified atom stereocenters. The standard InChI is InChI=1S/C12H15ClO3/c1-9(3-2-4-12(14)15)16-11-7-5-10(13)6-8-11/h5-9H,2-4H2,1H3,(H,14,15). The van der Waals surface area contributed by atoms with E-state index in [4.69, 9.17) is 21.4 Å². The minimum absolute atomic E-state index is 0.0144. The van der Waals surface area contributed by atoms with Gasteiger partial charge in [-0.2, -0.15) is 0 Å². The number of hydrogen-bond acceptors (Lipinski definition) is 2. The Bertz CT molecular complexity index is 335. The molecule has 0 aromatic heterocycles. The first-order valence-electron chi connectivity index (χ1n) is 5.22. The van der Waals surface area contributed by atoms with Gasteiger partial charge in [0.2, 0.25) is 0 Å². The summed E-state index contributed by atoms with van der Waals surface area (Å²) in [6.07, 6.45) is 1.56. The first-order chi connectivity index (χ1) is 7.58. The molecule has 0 radical (unpaired) electrons. The molecule has 0 bridgehead atoms. The van der Waals surface area contributed by atoms with E-state index < -0.39 is 5.97 Å². The summed E-state index contributed by atoms with van der Waals surface area (Å²) < 4.78 is 5.60. The molecule has 0 aliphatic rings. The van der Waals surface area contributed by atoms with Gasteiger partial charge in [-0.1, -0.05) is 11.6 Å². The Morgan fingerprint density at radius 2 is 2.06 bits per heavy atom. The van der Waals surface area contributed by atoms with Gasteiger partial charge in [0.15, 0.2) is 0 Å². The van der Waals surface area contributed by atoms with E-state index in [0.29, 0.717) is 11.4 Å². The third-order valence-corrected chi connectivity index (χ3v) is 2.40. The van der Waals surface area contributed by atoms with E-state index in [1.807, 2.05) is 6.92 Å². The molecule has 0 aliphatic heterocycles. The van der Waals surface area contributed by atoms with Crippen LogP contribution in [0.15, 0.2) is 24.3 Å². The molecule has 4 heteroatoms. The van der Waals surface area contributed by atoms with Crippen molar-refractivity contribution in [3.05, 3.63) is 29.3 Å². The van der Waals surface area contributed by atoms with Gasteiger partial charge in [0, 0.05) is 11.4 Å². The highest BCUT2D eigenvalue weighted by Gasteiger charge is 2.05. The summed E-state index contributed by atoms with van der Waals surface area (Å²) >= 11 is 5.75. The summed E-state index contributed by atoms with van der Waals surface area (Å²) in [7, 11) is 0. The number of carboxylic acids is 1. The highest BCUT2D eigenvalue weighted by atomic mass is 35.5. The molecule has 0 saturated carbocycles. The number of carbonyl (C=O) groups is 1. The van der Waals surface area contributed by atoms with Gasteiger partial charge < -0.3 is 9.84 Å². The smallest absolute Gasteiger partial charge is 0.303 e. The summed E-state index contributed by atoms with van der Waals surface area (Å²) in [6, 6.07) is 7.13. The molecule has 1 atom stereocenters. The van der Waals surface area contributed by atoms with Crippen molar-refractivity contribution >= 4 is 17.6 Å². The molecular formula is C12H15ClO3. The Morgan fingerprint density at radius 1 is 1.44 bits per heavy atom. The monoisotopic (exact) mass is 242 g/mol. The summed E-state index contributed by atoms with van der Waals surface area (Å²) in [5.74, 6) is -0.00841. The number of benzene rings is 1. The maximum atomic E-state index is 10.3. The predicted octanol–water partition coefficient (Wildman–Crippen LogP) is 3.36. The third kappa shape index (κ3) is 5.03. The van der Waals surface area contributed by atoms with Gasteiger partial charge in [0.05, 0.1) is 6.10 Å². The first kappa shape index (κ1) is 12.8. The van der Waals surface area contributed by atoms with Crippen LogP contribution in [0.1, 0.15) is 26.2 Å². The van der Waals surface area contributed by atoms with Gasteiger partial charge in [0.1, 0.15) is 5.75 Å². The Balaban J connectivity index is 2.31. The van der Waals surface area contributed by atoms with Crippen molar-refractivity contribution in [1.82, 2.24) is 0 Å². The van der Waals surface area contributed by atoms with E-state index in [1.54, 1.807) is 24.3 Å². The van der Waals surface area contributed by atoms with Crippen LogP contribution >= 0.6 is 11.6 Å². The Hall–Kier alpha value is -1.22. The van der Waals surface area contributed by atoms with Crippen LogP contribution in [-0.4, -0.2) is 17.2 Å². The molecule has 88 valence electrons. The number of halogens is 1. The lowest BCUT2D eigenvalue weighted by Crippen LogP contribution is -2.12. The molecule has 16 heavy (non-hydrogen) atoms. The zero-order chi connectivity index (χ0) is 12.0. The minimum atomic E-state index is -0.765. The highest BCUT2D eigenvalue weighted by molar-refractivity contribution is 6.30. The average Bonchev–Trinajstić information content (AvgIpc) is 2.21. The zero-order valence-corrected chi connectivity index (χ0v) is 9.91. The number of ether oxygens (including phenoxy) is 1. The second kappa shape index (κ2) is 6.38. The van der Waals surface area contributed by atoms with Crippen LogP contribution in [0.5, 0.6) is 5.75 Å². The quantitative estimate of drug-likeness (QED) is 0.832. The van der Waals surface area contributed by atoms with E-state index >= 15 is 0 Å².